The van der Waals surface area contributed by atoms with Gasteiger partial charge in [-0.05, 0) is 85.5 Å². The number of phenolic OH excluding ortho intramolecular Hbond substituents is 2. The Morgan fingerprint density at radius 1 is 0.679 bits per heavy atom. The Kier molecular flexibility index (Phi) is 16.4. The summed E-state index contributed by atoms with van der Waals surface area (Å²) in [5.74, 6) is -1.79. The lowest BCUT2D eigenvalue weighted by Crippen LogP contribution is -2.52. The zero-order chi connectivity index (χ0) is 56.7. The highest BCUT2D eigenvalue weighted by Crippen LogP contribution is 2.43. The fourth-order valence-electron chi connectivity index (χ4n) is 10.2. The number of piperazine rings is 2. The number of aryl methyl sites for hydroxylation is 1. The molecule has 26 nitrogen and oxygen atoms in total. The van der Waals surface area contributed by atoms with Crippen molar-refractivity contribution in [1.82, 2.24) is 54.7 Å². The smallest absolute Gasteiger partial charge is 0.336 e. The zero-order valence-corrected chi connectivity index (χ0v) is 43.9. The number of carbonyl (C=O) groups excluding carboxylic acids is 2. The quantitative estimate of drug-likeness (QED) is 0.0400. The van der Waals surface area contributed by atoms with E-state index in [1.165, 1.54) is 39.7 Å². The number of unbranched alkanes of at least 4 members (excludes halogenated alkanes) is 1. The zero-order valence-electron chi connectivity index (χ0n) is 43.9. The van der Waals surface area contributed by atoms with Crippen LogP contribution in [0.25, 0.3) is 33.4 Å². The number of carboxylic acids is 2. The van der Waals surface area contributed by atoms with Gasteiger partial charge in [0, 0.05) is 125 Å². The van der Waals surface area contributed by atoms with Crippen LogP contribution in [0.4, 0.5) is 23.5 Å². The van der Waals surface area contributed by atoms with E-state index in [9.17, 15) is 49.5 Å². The third-order valence-corrected chi connectivity index (χ3v) is 14.4. The van der Waals surface area contributed by atoms with Gasteiger partial charge in [-0.15, -0.1) is 10.2 Å². The number of aliphatic carboxylic acids is 1. The highest BCUT2D eigenvalue weighted by molar-refractivity contribution is 6.08. The number of hydrogen-bond acceptors (Lipinski definition) is 20. The van der Waals surface area contributed by atoms with Crippen molar-refractivity contribution in [2.45, 2.75) is 57.0 Å². The Morgan fingerprint density at radius 2 is 1.30 bits per heavy atom. The van der Waals surface area contributed by atoms with Crippen molar-refractivity contribution in [3.63, 3.8) is 0 Å². The molecule has 3 aliphatic heterocycles. The summed E-state index contributed by atoms with van der Waals surface area (Å²) in [5, 5.41) is 70.4. The number of aliphatic hydroxyl groups excluding tert-OH is 1. The third-order valence-electron chi connectivity index (χ3n) is 14.4. The molecule has 2 atom stereocenters. The topological polar surface area (TPSA) is 351 Å². The van der Waals surface area contributed by atoms with Crippen LogP contribution in [0, 0.1) is 0 Å². The summed E-state index contributed by atoms with van der Waals surface area (Å²) in [7, 11) is 0. The molecule has 0 unspecified atom stereocenters. The predicted octanol–water partition coefficient (Wildman–Crippen LogP) is 3.49. The summed E-state index contributed by atoms with van der Waals surface area (Å²) in [4.78, 5) is 87.8. The van der Waals surface area contributed by atoms with E-state index in [4.69, 9.17) is 25.1 Å². The van der Waals surface area contributed by atoms with E-state index in [1.807, 2.05) is 9.80 Å². The van der Waals surface area contributed by atoms with Crippen LogP contribution in [0.1, 0.15) is 65.1 Å². The highest BCUT2D eigenvalue weighted by atomic mass is 16.4. The fourth-order valence-corrected chi connectivity index (χ4v) is 10.2. The molecule has 2 saturated heterocycles. The molecule has 4 aliphatic rings. The summed E-state index contributed by atoms with van der Waals surface area (Å²) < 4.78 is 9.03. The average molecular weight is 1110 g/mol. The molecule has 0 saturated carbocycles. The molecule has 10 rings (SSSR count). The van der Waals surface area contributed by atoms with E-state index in [2.05, 4.69) is 25.9 Å². The minimum absolute atomic E-state index is 0.0765. The maximum atomic E-state index is 14.5. The van der Waals surface area contributed by atoms with E-state index in [-0.39, 0.29) is 122 Å². The van der Waals surface area contributed by atoms with E-state index in [0.717, 1.165) is 5.56 Å². The molecule has 0 bridgehead atoms. The van der Waals surface area contributed by atoms with Gasteiger partial charge in [-0.3, -0.25) is 19.2 Å². The summed E-state index contributed by atoms with van der Waals surface area (Å²) in [6, 6.07) is 18.6. The van der Waals surface area contributed by atoms with Crippen molar-refractivity contribution < 1.29 is 49.1 Å². The van der Waals surface area contributed by atoms with Crippen molar-refractivity contribution in [1.29, 1.82) is 0 Å². The molecule has 1 aliphatic carbocycles. The number of rotatable bonds is 21. The number of nitrogens with zero attached hydrogens (tertiary/aromatic N) is 13. The molecule has 0 radical (unpaired) electrons. The number of nitrogens with one attached hydrogen (secondary N) is 1. The standard InChI is InChI=1S/C55H59N15O11/c56-17-2-1-3-44(69-31-35(61-63-69)7-15-48(75)76)50(77)65-18-22-67(23-19-65)54-58-53(57-34-6-12-40(43(28-34)52(79)80)49-41-13-10-38(73)29-46(41)81-47-30-39(74)11-14-42(47)49)59-55(60-54)68-24-20-66(21-25-68)51(78)45(27-33-4-8-37(72)9-5-33)70-32-36(16-26-71)62-64-70/h4-6,8-14,28-32,44-45,71-73H,1-3,7,15-27,56H2,(H,75,76)(H,79,80)(H,57,58,59,60)/t44-,45-/m0/s1. The first-order valence-electron chi connectivity index (χ1n) is 26.5. The Morgan fingerprint density at radius 3 is 1.93 bits per heavy atom. The molecular weight excluding hydrogens is 1050 g/mol. The van der Waals surface area contributed by atoms with Gasteiger partial charge in [0.15, 0.2) is 5.43 Å². The van der Waals surface area contributed by atoms with E-state index in [1.54, 1.807) is 70.7 Å². The Bertz CT molecular complexity index is 3610. The number of benzene rings is 4. The number of aromatic carboxylic acids is 1. The number of aromatic hydroxyl groups is 2. The Hall–Kier alpha value is -9.56. The van der Waals surface area contributed by atoms with Crippen LogP contribution in [-0.2, 0) is 33.6 Å². The fraction of sp³-hybridized carbons (Fsp3) is 0.345. The van der Waals surface area contributed by atoms with Crippen molar-refractivity contribution in [3.05, 3.63) is 124 Å². The van der Waals surface area contributed by atoms with Gasteiger partial charge in [-0.25, -0.2) is 14.2 Å². The number of nitrogens with two attached hydrogens (primary N) is 1. The molecule has 6 heterocycles. The molecule has 6 aromatic rings. The Balaban J connectivity index is 0.937. The maximum Gasteiger partial charge on any atom is 0.336 e. The molecule has 2 fully saturated rings. The number of aliphatic hydroxyl groups is 1. The van der Waals surface area contributed by atoms with Crippen molar-refractivity contribution in [2.75, 3.05) is 80.6 Å². The highest BCUT2D eigenvalue weighted by Gasteiger charge is 2.34. The lowest BCUT2D eigenvalue weighted by molar-refractivity contribution is -0.137. The average Bonchev–Trinajstić information content (AvgIpc) is 4.28. The van der Waals surface area contributed by atoms with Crippen LogP contribution < -0.4 is 26.3 Å². The van der Waals surface area contributed by atoms with Crippen LogP contribution >= 0.6 is 0 Å². The molecule has 0 spiro atoms. The molecule has 8 N–H and O–H groups in total. The molecule has 3 aromatic carbocycles. The summed E-state index contributed by atoms with van der Waals surface area (Å²) >= 11 is 0. The van der Waals surface area contributed by atoms with Crippen LogP contribution in [0.2, 0.25) is 0 Å². The number of aromatic nitrogens is 9. The molecule has 26 heteroatoms. The number of fused-ring (bicyclic) bond motifs is 2. The Labute approximate surface area is 462 Å². The first-order chi connectivity index (χ1) is 39.2. The van der Waals surface area contributed by atoms with Gasteiger partial charge < -0.3 is 60.6 Å². The van der Waals surface area contributed by atoms with Crippen LogP contribution in [0.5, 0.6) is 11.5 Å². The summed E-state index contributed by atoms with van der Waals surface area (Å²) in [6.45, 7) is 2.64. The lowest BCUT2D eigenvalue weighted by Gasteiger charge is -2.38. The van der Waals surface area contributed by atoms with Crippen LogP contribution in [0.3, 0.4) is 0 Å². The second kappa shape index (κ2) is 24.2. The molecule has 2 amide bonds. The predicted molar refractivity (Wildman–Crippen MR) is 293 cm³/mol. The summed E-state index contributed by atoms with van der Waals surface area (Å²) in [5.41, 5.74) is 8.97. The molecule has 420 valence electrons. The van der Waals surface area contributed by atoms with E-state index >= 15 is 0 Å². The van der Waals surface area contributed by atoms with Crippen molar-refractivity contribution in [3.8, 4) is 33.9 Å². The first-order valence-corrected chi connectivity index (χ1v) is 26.5. The van der Waals surface area contributed by atoms with Gasteiger partial charge in [-0.1, -0.05) is 28.6 Å². The first kappa shape index (κ1) is 54.8. The second-order valence-corrected chi connectivity index (χ2v) is 19.8. The van der Waals surface area contributed by atoms with Crippen molar-refractivity contribution >= 4 is 58.3 Å². The number of carbonyl (C=O) groups is 4. The largest absolute Gasteiger partial charge is 0.508 e. The van der Waals surface area contributed by atoms with Gasteiger partial charge in [0.1, 0.15) is 34.9 Å². The number of anilines is 4. The van der Waals surface area contributed by atoms with Crippen LogP contribution in [0.15, 0.2) is 100 Å². The molecule has 81 heavy (non-hydrogen) atoms. The second-order valence-electron chi connectivity index (χ2n) is 19.8. The van der Waals surface area contributed by atoms with Gasteiger partial charge in [0.05, 0.1) is 23.4 Å². The minimum Gasteiger partial charge on any atom is -0.508 e. The molecular formula is C55H59N15O11. The number of amides is 2. The normalized spacial score (nSPS) is 14.6. The van der Waals surface area contributed by atoms with E-state index < -0.39 is 24.0 Å². The van der Waals surface area contributed by atoms with Crippen molar-refractivity contribution in [2.24, 2.45) is 5.73 Å². The maximum absolute atomic E-state index is 14.5. The van der Waals surface area contributed by atoms with Gasteiger partial charge >= 0.3 is 11.9 Å². The minimum atomic E-state index is -1.25. The number of hydrogen-bond donors (Lipinski definition) is 7. The van der Waals surface area contributed by atoms with Crippen LogP contribution in [-0.4, -0.2) is 170 Å². The van der Waals surface area contributed by atoms with E-state index in [0.29, 0.717) is 91.1 Å². The lowest BCUT2D eigenvalue weighted by atomic mass is 9.90. The van der Waals surface area contributed by atoms with Gasteiger partial charge in [-0.2, -0.15) is 15.0 Å². The SMILES string of the molecule is NCCCC[C@@H](C(=O)N1CCN(c2nc(Nc3ccc(-c4c5ccc(=O)cc-5oc5cc(O)ccc45)c(C(=O)O)c3)nc(N3CCN(C(=O)[C@H](Cc4ccc(O)cc4)n4cc(CCO)nn4)CC3)n2)CC1)n1cc(CCC(=O)O)nn1. The number of carboxylic acid groups (broad SMARTS) is 2. The third kappa shape index (κ3) is 12.5. The van der Waals surface area contributed by atoms with Gasteiger partial charge in [0.25, 0.3) is 0 Å². The monoisotopic (exact) mass is 1110 g/mol. The molecule has 3 aromatic heterocycles. The summed E-state index contributed by atoms with van der Waals surface area (Å²) in [6.07, 6.45) is 5.61. The number of phenols is 2. The van der Waals surface area contributed by atoms with Gasteiger partial charge in [0.2, 0.25) is 29.7 Å².